The summed E-state index contributed by atoms with van der Waals surface area (Å²) in [4.78, 5) is 0. The van der Waals surface area contributed by atoms with Crippen molar-refractivity contribution in [1.29, 1.82) is 0 Å². The zero-order valence-corrected chi connectivity index (χ0v) is 14.3. The standard InChI is InChI=1S/C18H15IN2O/c1-2-21-11-14-9-8-13-10-15(19)17(12-6-4-3-5-7-12)22-18(13)16(14)20-21/h3-11,20H,2H2,1H3. The summed E-state index contributed by atoms with van der Waals surface area (Å²) in [6, 6.07) is 14.5. The number of hydrogen-bond acceptors (Lipinski definition) is 3. The van der Waals surface area contributed by atoms with Gasteiger partial charge in [-0.15, -0.1) is 0 Å². The molecule has 22 heavy (non-hydrogen) atoms. The van der Waals surface area contributed by atoms with Gasteiger partial charge in [-0.3, -0.25) is 10.4 Å². The maximum atomic E-state index is 6.30. The van der Waals surface area contributed by atoms with E-state index >= 15 is 0 Å². The van der Waals surface area contributed by atoms with Gasteiger partial charge in [0, 0.05) is 28.7 Å². The van der Waals surface area contributed by atoms with E-state index in [0.29, 0.717) is 0 Å². The second-order valence-corrected chi connectivity index (χ2v) is 6.43. The third-order valence-corrected chi connectivity index (χ3v) is 4.65. The third kappa shape index (κ3) is 2.18. The molecule has 3 nitrogen and oxygen atoms in total. The Morgan fingerprint density at radius 1 is 1.09 bits per heavy atom. The van der Waals surface area contributed by atoms with Gasteiger partial charge in [0.25, 0.3) is 0 Å². The Balaban J connectivity index is 1.84. The van der Waals surface area contributed by atoms with Gasteiger partial charge in [-0.25, -0.2) is 0 Å². The number of benzene rings is 2. The molecule has 0 radical (unpaired) electrons. The van der Waals surface area contributed by atoms with Crippen LogP contribution in [0.2, 0.25) is 0 Å². The molecule has 0 bridgehead atoms. The fraction of sp³-hybridized carbons (Fsp3) is 0.111. The van der Waals surface area contributed by atoms with Crippen LogP contribution >= 0.6 is 22.6 Å². The number of nitrogens with one attached hydrogen (secondary N) is 1. The van der Waals surface area contributed by atoms with E-state index in [-0.39, 0.29) is 0 Å². The highest BCUT2D eigenvalue weighted by molar-refractivity contribution is 14.1. The van der Waals surface area contributed by atoms with Gasteiger partial charge in [0.15, 0.2) is 5.75 Å². The smallest absolute Gasteiger partial charge is 0.160 e. The molecular weight excluding hydrogens is 387 g/mol. The molecule has 1 N–H and O–H groups in total. The quantitative estimate of drug-likeness (QED) is 0.782. The summed E-state index contributed by atoms with van der Waals surface area (Å²) in [6.07, 6.45) is 4.29. The summed E-state index contributed by atoms with van der Waals surface area (Å²) >= 11 is 2.34. The van der Waals surface area contributed by atoms with Crippen molar-refractivity contribution in [2.24, 2.45) is 0 Å². The predicted octanol–water partition coefficient (Wildman–Crippen LogP) is 3.06. The predicted molar refractivity (Wildman–Crippen MR) is 98.6 cm³/mol. The number of anilines is 1. The summed E-state index contributed by atoms with van der Waals surface area (Å²) in [5.74, 6) is 1.82. The Kier molecular flexibility index (Phi) is 3.33. The minimum atomic E-state index is 0.906. The van der Waals surface area contributed by atoms with Crippen LogP contribution in [0.4, 0.5) is 5.69 Å². The van der Waals surface area contributed by atoms with E-state index in [9.17, 15) is 0 Å². The van der Waals surface area contributed by atoms with Crippen molar-refractivity contribution in [2.45, 2.75) is 6.92 Å². The van der Waals surface area contributed by atoms with E-state index in [1.807, 2.05) is 18.2 Å². The zero-order valence-electron chi connectivity index (χ0n) is 12.1. The first-order valence-electron chi connectivity index (χ1n) is 7.29. The Bertz CT molecular complexity index is 887. The lowest BCUT2D eigenvalue weighted by molar-refractivity contribution is 0.495. The average Bonchev–Trinajstić information content (AvgIpc) is 2.98. The molecule has 2 heterocycles. The second-order valence-electron chi connectivity index (χ2n) is 5.26. The van der Waals surface area contributed by atoms with Crippen molar-refractivity contribution in [2.75, 3.05) is 12.0 Å². The van der Waals surface area contributed by atoms with Gasteiger partial charge in [0.1, 0.15) is 11.4 Å². The van der Waals surface area contributed by atoms with Gasteiger partial charge in [-0.2, -0.15) is 0 Å². The number of ether oxygens (including phenoxy) is 1. The van der Waals surface area contributed by atoms with Gasteiger partial charge in [0.05, 0.1) is 3.58 Å². The van der Waals surface area contributed by atoms with E-state index in [1.54, 1.807) is 0 Å². The Morgan fingerprint density at radius 3 is 2.64 bits per heavy atom. The molecule has 4 heteroatoms. The Labute approximate surface area is 142 Å². The molecule has 4 rings (SSSR count). The van der Waals surface area contributed by atoms with Crippen molar-refractivity contribution in [1.82, 2.24) is 5.01 Å². The number of hydrazine groups is 1. The number of allylic oxidation sites excluding steroid dienone is 1. The average molecular weight is 402 g/mol. The molecule has 0 atom stereocenters. The molecule has 0 fully saturated rings. The van der Waals surface area contributed by atoms with Crippen molar-refractivity contribution < 1.29 is 4.74 Å². The minimum absolute atomic E-state index is 0.906. The summed E-state index contributed by atoms with van der Waals surface area (Å²) in [7, 11) is 0. The maximum absolute atomic E-state index is 6.30. The van der Waals surface area contributed by atoms with E-state index in [1.165, 1.54) is 5.22 Å². The van der Waals surface area contributed by atoms with Crippen molar-refractivity contribution >= 4 is 46.3 Å². The van der Waals surface area contributed by atoms with Crippen molar-refractivity contribution in [3.63, 3.8) is 0 Å². The second kappa shape index (κ2) is 5.35. The SMILES string of the molecule is CCN1C=c2ccc3c(c2N1)OC(c1ccccc1)=C(I)C=3. The van der Waals surface area contributed by atoms with Crippen LogP contribution < -0.4 is 20.6 Å². The first-order chi connectivity index (χ1) is 10.8. The summed E-state index contributed by atoms with van der Waals surface area (Å²) in [5, 5.41) is 4.35. The van der Waals surface area contributed by atoms with Crippen LogP contribution in [0.3, 0.4) is 0 Å². The van der Waals surface area contributed by atoms with Gasteiger partial charge < -0.3 is 4.74 Å². The number of hydrogen-bond donors (Lipinski definition) is 1. The van der Waals surface area contributed by atoms with Crippen LogP contribution in [0.5, 0.6) is 5.75 Å². The highest BCUT2D eigenvalue weighted by atomic mass is 127. The van der Waals surface area contributed by atoms with Gasteiger partial charge in [-0.1, -0.05) is 42.5 Å². The minimum Gasteiger partial charge on any atom is -0.453 e. The van der Waals surface area contributed by atoms with E-state index in [2.05, 4.69) is 76.5 Å². The van der Waals surface area contributed by atoms with Gasteiger partial charge in [0.2, 0.25) is 0 Å². The van der Waals surface area contributed by atoms with Gasteiger partial charge >= 0.3 is 0 Å². The molecule has 0 spiro atoms. The molecule has 0 saturated carbocycles. The lowest BCUT2D eigenvalue weighted by Gasteiger charge is -2.20. The fourth-order valence-corrected chi connectivity index (χ4v) is 3.47. The number of nitrogens with zero attached hydrogens (tertiary/aromatic N) is 1. The largest absolute Gasteiger partial charge is 0.453 e. The van der Waals surface area contributed by atoms with Crippen molar-refractivity contribution in [3.05, 3.63) is 62.0 Å². The molecule has 0 saturated heterocycles. The van der Waals surface area contributed by atoms with Crippen LogP contribution in [-0.2, 0) is 0 Å². The highest BCUT2D eigenvalue weighted by Gasteiger charge is 2.21. The lowest BCUT2D eigenvalue weighted by Crippen LogP contribution is -2.22. The van der Waals surface area contributed by atoms with Crippen LogP contribution in [-0.4, -0.2) is 11.6 Å². The Hall–Kier alpha value is -1.95. The fourth-order valence-electron chi connectivity index (χ4n) is 2.71. The highest BCUT2D eigenvalue weighted by Crippen LogP contribution is 2.33. The molecule has 2 aromatic carbocycles. The van der Waals surface area contributed by atoms with Crippen LogP contribution in [0.25, 0.3) is 18.0 Å². The van der Waals surface area contributed by atoms with Crippen LogP contribution in [0.1, 0.15) is 12.5 Å². The lowest BCUT2D eigenvalue weighted by atomic mass is 10.1. The van der Waals surface area contributed by atoms with Crippen molar-refractivity contribution in [3.8, 4) is 5.75 Å². The summed E-state index contributed by atoms with van der Waals surface area (Å²) in [6.45, 7) is 3.03. The number of rotatable bonds is 2. The normalized spacial score (nSPS) is 15.3. The first-order valence-corrected chi connectivity index (χ1v) is 8.37. The van der Waals surface area contributed by atoms with E-state index < -0.39 is 0 Å². The molecule has 2 aliphatic rings. The zero-order chi connectivity index (χ0) is 15.1. The molecular formula is C18H15IN2O. The van der Waals surface area contributed by atoms with Crippen LogP contribution in [0, 0.1) is 0 Å². The summed E-state index contributed by atoms with van der Waals surface area (Å²) < 4.78 is 7.41. The van der Waals surface area contributed by atoms with Gasteiger partial charge in [-0.05, 0) is 35.6 Å². The molecule has 0 aliphatic carbocycles. The molecule has 0 aromatic heterocycles. The third-order valence-electron chi connectivity index (χ3n) is 3.85. The molecule has 0 unspecified atom stereocenters. The number of fused-ring (bicyclic) bond motifs is 3. The molecule has 0 amide bonds. The monoisotopic (exact) mass is 402 g/mol. The van der Waals surface area contributed by atoms with Crippen LogP contribution in [0.15, 0.2) is 46.0 Å². The molecule has 2 aromatic rings. The first kappa shape index (κ1) is 13.7. The molecule has 2 aliphatic heterocycles. The van der Waals surface area contributed by atoms with E-state index in [0.717, 1.165) is 38.1 Å². The number of halogens is 1. The topological polar surface area (TPSA) is 24.5 Å². The van der Waals surface area contributed by atoms with E-state index in [4.69, 9.17) is 4.74 Å². The summed E-state index contributed by atoms with van der Waals surface area (Å²) in [5.41, 5.74) is 5.55. The maximum Gasteiger partial charge on any atom is 0.160 e. The Morgan fingerprint density at radius 2 is 1.86 bits per heavy atom. The molecule has 110 valence electrons.